The van der Waals surface area contributed by atoms with Crippen LogP contribution in [0.2, 0.25) is 0 Å². The van der Waals surface area contributed by atoms with Gasteiger partial charge in [0.2, 0.25) is 0 Å². The quantitative estimate of drug-likeness (QED) is 0.921. The van der Waals surface area contributed by atoms with Crippen LogP contribution in [-0.2, 0) is 4.74 Å². The smallest absolute Gasteiger partial charge is 0.264 e. The highest BCUT2D eigenvalue weighted by Crippen LogP contribution is 2.29. The van der Waals surface area contributed by atoms with E-state index in [4.69, 9.17) is 4.74 Å². The SMILES string of the molecule is O=C(c1cc2ccccc2s1)N1CC[C@@](O)(CN2CCOCC2)C1. The summed E-state index contributed by atoms with van der Waals surface area (Å²) in [5.41, 5.74) is -0.802. The van der Waals surface area contributed by atoms with Crippen LogP contribution in [0, 0.1) is 0 Å². The highest BCUT2D eigenvalue weighted by atomic mass is 32.1. The molecule has 0 aliphatic carbocycles. The number of carbonyl (C=O) groups is 1. The summed E-state index contributed by atoms with van der Waals surface area (Å²) in [5, 5.41) is 12.0. The van der Waals surface area contributed by atoms with Gasteiger partial charge in [0.05, 0.1) is 30.2 Å². The van der Waals surface area contributed by atoms with Gasteiger partial charge in [0, 0.05) is 30.9 Å². The molecular formula is C18H22N2O3S. The van der Waals surface area contributed by atoms with E-state index in [0.29, 0.717) is 26.1 Å². The number of nitrogens with zero attached hydrogens (tertiary/aromatic N) is 2. The molecule has 2 fully saturated rings. The van der Waals surface area contributed by atoms with Crippen molar-refractivity contribution in [3.63, 3.8) is 0 Å². The zero-order valence-corrected chi connectivity index (χ0v) is 14.4. The lowest BCUT2D eigenvalue weighted by Crippen LogP contribution is -2.49. The minimum atomic E-state index is -0.802. The van der Waals surface area contributed by atoms with Crippen molar-refractivity contribution in [2.24, 2.45) is 0 Å². The maximum Gasteiger partial charge on any atom is 0.264 e. The van der Waals surface area contributed by atoms with Crippen LogP contribution in [0.1, 0.15) is 16.1 Å². The molecule has 4 rings (SSSR count). The van der Waals surface area contributed by atoms with Crippen molar-refractivity contribution >= 4 is 27.3 Å². The third kappa shape index (κ3) is 3.19. The molecule has 2 aliphatic heterocycles. The fourth-order valence-corrected chi connectivity index (χ4v) is 4.61. The first-order chi connectivity index (χ1) is 11.6. The molecule has 2 aliphatic rings. The molecule has 2 saturated heterocycles. The fourth-order valence-electron chi connectivity index (χ4n) is 3.58. The molecule has 6 heteroatoms. The number of aliphatic hydroxyl groups is 1. The number of amides is 1. The van der Waals surface area contributed by atoms with E-state index in [0.717, 1.165) is 41.3 Å². The molecule has 24 heavy (non-hydrogen) atoms. The van der Waals surface area contributed by atoms with Crippen LogP contribution in [0.25, 0.3) is 10.1 Å². The van der Waals surface area contributed by atoms with E-state index in [9.17, 15) is 9.90 Å². The van der Waals surface area contributed by atoms with E-state index >= 15 is 0 Å². The highest BCUT2D eigenvalue weighted by Gasteiger charge is 2.40. The number of hydrogen-bond acceptors (Lipinski definition) is 5. The molecule has 0 saturated carbocycles. The standard InChI is InChI=1S/C18H22N2O3S/c21-17(16-11-14-3-1-2-4-15(14)24-16)20-6-5-18(22,13-20)12-19-7-9-23-10-8-19/h1-4,11,22H,5-10,12-13H2/t18-/m1/s1. The Labute approximate surface area is 145 Å². The van der Waals surface area contributed by atoms with Crippen molar-refractivity contribution < 1.29 is 14.6 Å². The lowest BCUT2D eigenvalue weighted by molar-refractivity contribution is -0.0257. The second kappa shape index (κ2) is 6.44. The first-order valence-corrected chi connectivity index (χ1v) is 9.25. The van der Waals surface area contributed by atoms with Gasteiger partial charge >= 0.3 is 0 Å². The van der Waals surface area contributed by atoms with Crippen molar-refractivity contribution in [2.45, 2.75) is 12.0 Å². The first kappa shape index (κ1) is 16.0. The van der Waals surface area contributed by atoms with E-state index in [1.54, 1.807) is 4.90 Å². The number of hydrogen-bond donors (Lipinski definition) is 1. The third-order valence-corrected chi connectivity index (χ3v) is 5.98. The molecule has 2 aromatic rings. The van der Waals surface area contributed by atoms with Crippen LogP contribution in [0.15, 0.2) is 30.3 Å². The molecule has 1 atom stereocenters. The van der Waals surface area contributed by atoms with Crippen LogP contribution in [0.3, 0.4) is 0 Å². The Morgan fingerprint density at radius 2 is 2.04 bits per heavy atom. The molecule has 1 amide bonds. The Morgan fingerprint density at radius 1 is 1.25 bits per heavy atom. The van der Waals surface area contributed by atoms with Crippen LogP contribution < -0.4 is 0 Å². The number of fused-ring (bicyclic) bond motifs is 1. The normalized spacial score (nSPS) is 25.5. The van der Waals surface area contributed by atoms with Crippen molar-refractivity contribution in [3.05, 3.63) is 35.2 Å². The van der Waals surface area contributed by atoms with Gasteiger partial charge in [-0.25, -0.2) is 0 Å². The van der Waals surface area contributed by atoms with E-state index in [1.165, 1.54) is 11.3 Å². The number of β-amino-alcohol motifs (C(OH)–C–C–N with tert-alkyl or cyclic N) is 1. The summed E-state index contributed by atoms with van der Waals surface area (Å²) in [7, 11) is 0. The summed E-state index contributed by atoms with van der Waals surface area (Å²) in [6.07, 6.45) is 0.640. The Hall–Kier alpha value is -1.47. The van der Waals surface area contributed by atoms with Crippen molar-refractivity contribution in [2.75, 3.05) is 45.9 Å². The number of rotatable bonds is 3. The number of benzene rings is 1. The summed E-state index contributed by atoms with van der Waals surface area (Å²) in [4.78, 5) is 17.6. The maximum absolute atomic E-state index is 12.8. The number of morpholine rings is 1. The molecular weight excluding hydrogens is 324 g/mol. The second-order valence-electron chi connectivity index (χ2n) is 6.74. The van der Waals surface area contributed by atoms with Gasteiger partial charge in [-0.05, 0) is 23.9 Å². The maximum atomic E-state index is 12.8. The summed E-state index contributed by atoms with van der Waals surface area (Å²) in [6.45, 7) is 4.80. The van der Waals surface area contributed by atoms with Gasteiger partial charge in [0.1, 0.15) is 0 Å². The van der Waals surface area contributed by atoms with Crippen molar-refractivity contribution in [1.29, 1.82) is 0 Å². The summed E-state index contributed by atoms with van der Waals surface area (Å²) < 4.78 is 6.49. The average molecular weight is 346 g/mol. The van der Waals surface area contributed by atoms with Crippen LogP contribution in [0.4, 0.5) is 0 Å². The largest absolute Gasteiger partial charge is 0.387 e. The number of thiophene rings is 1. The first-order valence-electron chi connectivity index (χ1n) is 8.43. The zero-order chi connectivity index (χ0) is 16.6. The molecule has 3 heterocycles. The van der Waals surface area contributed by atoms with Gasteiger partial charge in [-0.15, -0.1) is 11.3 Å². The molecule has 5 nitrogen and oxygen atoms in total. The summed E-state index contributed by atoms with van der Waals surface area (Å²) in [5.74, 6) is 0.0362. The molecule has 1 N–H and O–H groups in total. The average Bonchev–Trinajstić information content (AvgIpc) is 3.19. The minimum absolute atomic E-state index is 0.0362. The molecule has 0 bridgehead atoms. The van der Waals surface area contributed by atoms with Crippen LogP contribution >= 0.6 is 11.3 Å². The van der Waals surface area contributed by atoms with Crippen LogP contribution in [0.5, 0.6) is 0 Å². The summed E-state index contributed by atoms with van der Waals surface area (Å²) >= 11 is 1.53. The Balaban J connectivity index is 1.44. The molecule has 0 spiro atoms. The predicted octanol–water partition coefficient (Wildman–Crippen LogP) is 1.81. The lowest BCUT2D eigenvalue weighted by Gasteiger charge is -2.33. The fraction of sp³-hybridized carbons (Fsp3) is 0.500. The van der Waals surface area contributed by atoms with Gasteiger partial charge in [-0.1, -0.05) is 18.2 Å². The van der Waals surface area contributed by atoms with Gasteiger partial charge < -0.3 is 14.7 Å². The molecule has 0 unspecified atom stereocenters. The minimum Gasteiger partial charge on any atom is -0.387 e. The Morgan fingerprint density at radius 3 is 2.83 bits per heavy atom. The molecule has 1 aromatic heterocycles. The number of ether oxygens (including phenoxy) is 1. The Kier molecular flexibility index (Phi) is 4.30. The van der Waals surface area contributed by atoms with Crippen molar-refractivity contribution in [1.82, 2.24) is 9.80 Å². The Bertz CT molecular complexity index is 708. The number of likely N-dealkylation sites (tertiary alicyclic amines) is 1. The van der Waals surface area contributed by atoms with E-state index < -0.39 is 5.60 Å². The zero-order valence-electron chi connectivity index (χ0n) is 13.6. The summed E-state index contributed by atoms with van der Waals surface area (Å²) in [6, 6.07) is 10.0. The third-order valence-electron chi connectivity index (χ3n) is 4.88. The van der Waals surface area contributed by atoms with Gasteiger partial charge in [-0.3, -0.25) is 9.69 Å². The van der Waals surface area contributed by atoms with Crippen molar-refractivity contribution in [3.8, 4) is 0 Å². The highest BCUT2D eigenvalue weighted by molar-refractivity contribution is 7.20. The topological polar surface area (TPSA) is 53.0 Å². The predicted molar refractivity (Wildman–Crippen MR) is 94.6 cm³/mol. The van der Waals surface area contributed by atoms with E-state index in [-0.39, 0.29) is 5.91 Å². The van der Waals surface area contributed by atoms with E-state index in [1.807, 2.05) is 30.3 Å². The van der Waals surface area contributed by atoms with Gasteiger partial charge in [0.25, 0.3) is 5.91 Å². The van der Waals surface area contributed by atoms with Gasteiger partial charge in [0.15, 0.2) is 0 Å². The monoisotopic (exact) mass is 346 g/mol. The molecule has 0 radical (unpaired) electrons. The molecule has 1 aromatic carbocycles. The molecule has 128 valence electrons. The second-order valence-corrected chi connectivity index (χ2v) is 7.82. The van der Waals surface area contributed by atoms with E-state index in [2.05, 4.69) is 4.90 Å². The van der Waals surface area contributed by atoms with Crippen LogP contribution in [-0.4, -0.2) is 72.4 Å². The van der Waals surface area contributed by atoms with Gasteiger partial charge in [-0.2, -0.15) is 0 Å². The number of carbonyl (C=O) groups excluding carboxylic acids is 1. The lowest BCUT2D eigenvalue weighted by atomic mass is 10.0.